The van der Waals surface area contributed by atoms with E-state index in [2.05, 4.69) is 6.92 Å². The van der Waals surface area contributed by atoms with E-state index in [1.807, 2.05) is 0 Å². The van der Waals surface area contributed by atoms with E-state index in [0.717, 1.165) is 12.8 Å². The highest BCUT2D eigenvalue weighted by Crippen LogP contribution is 2.28. The first-order valence-electron chi connectivity index (χ1n) is 10.6. The number of nitro groups is 1. The number of unbranched alkanes of at least 4 members (excludes halogenated alkanes) is 5. The van der Waals surface area contributed by atoms with Crippen molar-refractivity contribution in [3.05, 3.63) is 34.4 Å². The van der Waals surface area contributed by atoms with Gasteiger partial charge < -0.3 is 9.47 Å². The van der Waals surface area contributed by atoms with Crippen LogP contribution in [0.4, 0.5) is 5.69 Å². The van der Waals surface area contributed by atoms with Crippen LogP contribution in [0.2, 0.25) is 0 Å². The molecule has 0 radical (unpaired) electrons. The van der Waals surface area contributed by atoms with Crippen LogP contribution in [0.3, 0.4) is 0 Å². The summed E-state index contributed by atoms with van der Waals surface area (Å²) >= 11 is 0. The predicted molar refractivity (Wildman–Crippen MR) is 109 cm³/mol. The number of benzene rings is 1. The van der Waals surface area contributed by atoms with E-state index in [1.54, 1.807) is 0 Å². The minimum atomic E-state index is -0.499. The van der Waals surface area contributed by atoms with Gasteiger partial charge in [0.25, 0.3) is 5.69 Å². The van der Waals surface area contributed by atoms with Crippen molar-refractivity contribution in [3.8, 4) is 5.75 Å². The van der Waals surface area contributed by atoms with Gasteiger partial charge in [0, 0.05) is 18.6 Å². The van der Waals surface area contributed by atoms with Crippen LogP contribution in [0.25, 0.3) is 0 Å². The Hall–Kier alpha value is -2.44. The maximum Gasteiger partial charge on any atom is 0.314 e. The van der Waals surface area contributed by atoms with Crippen molar-refractivity contribution in [3.63, 3.8) is 0 Å². The summed E-state index contributed by atoms with van der Waals surface area (Å²) in [6.07, 6.45) is 9.68. The highest BCUT2D eigenvalue weighted by Gasteiger charge is 2.29. The number of rotatable bonds is 11. The number of ether oxygens (including phenoxy) is 2. The molecule has 0 unspecified atom stereocenters. The van der Waals surface area contributed by atoms with Crippen LogP contribution in [0.5, 0.6) is 5.75 Å². The highest BCUT2D eigenvalue weighted by molar-refractivity contribution is 5.75. The van der Waals surface area contributed by atoms with Crippen LogP contribution in [0, 0.1) is 16.0 Å². The number of carbonyl (C=O) groups is 2. The fourth-order valence-corrected chi connectivity index (χ4v) is 3.55. The van der Waals surface area contributed by atoms with Crippen LogP contribution >= 0.6 is 0 Å². The van der Waals surface area contributed by atoms with Crippen molar-refractivity contribution in [2.24, 2.45) is 5.92 Å². The van der Waals surface area contributed by atoms with Crippen molar-refractivity contribution >= 4 is 17.6 Å². The molecule has 0 saturated heterocycles. The van der Waals surface area contributed by atoms with E-state index in [0.29, 0.717) is 37.9 Å². The summed E-state index contributed by atoms with van der Waals surface area (Å²) in [4.78, 5) is 34.4. The molecule has 0 N–H and O–H groups in total. The Morgan fingerprint density at radius 1 is 1.00 bits per heavy atom. The normalized spacial score (nSPS) is 18.8. The number of nitro benzene ring substituents is 1. The third kappa shape index (κ3) is 8.21. The van der Waals surface area contributed by atoms with Crippen molar-refractivity contribution in [2.45, 2.75) is 83.7 Å². The molecule has 29 heavy (non-hydrogen) atoms. The molecule has 1 aliphatic carbocycles. The largest absolute Gasteiger partial charge is 0.462 e. The summed E-state index contributed by atoms with van der Waals surface area (Å²) in [7, 11) is 0. The summed E-state index contributed by atoms with van der Waals surface area (Å²) in [6.45, 7) is 2.18. The summed E-state index contributed by atoms with van der Waals surface area (Å²) < 4.78 is 10.9. The zero-order valence-electron chi connectivity index (χ0n) is 17.1. The monoisotopic (exact) mass is 405 g/mol. The van der Waals surface area contributed by atoms with E-state index in [-0.39, 0.29) is 29.6 Å². The van der Waals surface area contributed by atoms with Crippen LogP contribution < -0.4 is 4.74 Å². The summed E-state index contributed by atoms with van der Waals surface area (Å²) in [5.41, 5.74) is -0.0481. The van der Waals surface area contributed by atoms with Crippen molar-refractivity contribution in [1.82, 2.24) is 0 Å². The molecule has 2 rings (SSSR count). The zero-order chi connectivity index (χ0) is 21.1. The predicted octanol–water partition coefficient (Wildman–Crippen LogP) is 5.35. The topological polar surface area (TPSA) is 95.7 Å². The van der Waals surface area contributed by atoms with E-state index in [1.165, 1.54) is 49.9 Å². The van der Waals surface area contributed by atoms with Crippen LogP contribution in [-0.4, -0.2) is 23.0 Å². The summed E-state index contributed by atoms with van der Waals surface area (Å²) in [5.74, 6) is -0.417. The van der Waals surface area contributed by atoms with Crippen molar-refractivity contribution < 1.29 is 24.0 Å². The third-order valence-electron chi connectivity index (χ3n) is 5.31. The minimum Gasteiger partial charge on any atom is -0.462 e. The quantitative estimate of drug-likeness (QED) is 0.162. The van der Waals surface area contributed by atoms with Gasteiger partial charge in [-0.1, -0.05) is 39.0 Å². The average Bonchev–Trinajstić information content (AvgIpc) is 2.71. The summed E-state index contributed by atoms with van der Waals surface area (Å²) in [6, 6.07) is 5.46. The first kappa shape index (κ1) is 22.8. The van der Waals surface area contributed by atoms with Gasteiger partial charge in [0.05, 0.1) is 10.8 Å². The third-order valence-corrected chi connectivity index (χ3v) is 5.31. The Bertz CT molecular complexity index is 664. The average molecular weight is 405 g/mol. The molecule has 0 spiro atoms. The highest BCUT2D eigenvalue weighted by atomic mass is 16.6. The number of non-ortho nitro benzene ring substituents is 1. The fraction of sp³-hybridized carbons (Fsp3) is 0.636. The second-order valence-corrected chi connectivity index (χ2v) is 7.65. The van der Waals surface area contributed by atoms with E-state index in [9.17, 15) is 19.7 Å². The van der Waals surface area contributed by atoms with Gasteiger partial charge in [-0.05, 0) is 44.2 Å². The van der Waals surface area contributed by atoms with Gasteiger partial charge in [0.2, 0.25) is 0 Å². The first-order chi connectivity index (χ1) is 14.0. The number of hydrogen-bond donors (Lipinski definition) is 0. The Kier molecular flexibility index (Phi) is 9.60. The van der Waals surface area contributed by atoms with Gasteiger partial charge >= 0.3 is 11.9 Å². The molecule has 1 saturated carbocycles. The lowest BCUT2D eigenvalue weighted by molar-refractivity contribution is -0.384. The molecular weight excluding hydrogens is 374 g/mol. The zero-order valence-corrected chi connectivity index (χ0v) is 17.1. The van der Waals surface area contributed by atoms with Gasteiger partial charge in [-0.2, -0.15) is 0 Å². The maximum atomic E-state index is 12.3. The molecule has 0 aliphatic heterocycles. The molecule has 0 atom stereocenters. The van der Waals surface area contributed by atoms with Gasteiger partial charge in [0.1, 0.15) is 11.9 Å². The smallest absolute Gasteiger partial charge is 0.314 e. The van der Waals surface area contributed by atoms with Crippen LogP contribution in [0.1, 0.15) is 77.6 Å². The molecule has 1 fully saturated rings. The lowest BCUT2D eigenvalue weighted by Crippen LogP contribution is -2.30. The minimum absolute atomic E-state index is 0.0481. The van der Waals surface area contributed by atoms with Crippen LogP contribution in [-0.2, 0) is 14.3 Å². The second-order valence-electron chi connectivity index (χ2n) is 7.65. The van der Waals surface area contributed by atoms with E-state index < -0.39 is 4.92 Å². The standard InChI is InChI=1S/C22H31NO6/c1-2-3-4-5-6-7-8-21(24)28-19-13-9-17(10-14-19)22(25)29-20-15-11-18(12-16-20)23(26)27/h11-12,15-17,19H,2-10,13-14H2,1H3. The summed E-state index contributed by atoms with van der Waals surface area (Å²) in [5, 5.41) is 10.7. The molecule has 160 valence electrons. The second kappa shape index (κ2) is 12.2. The van der Waals surface area contributed by atoms with Gasteiger partial charge in [-0.3, -0.25) is 19.7 Å². The Labute approximate surface area is 171 Å². The Morgan fingerprint density at radius 3 is 2.24 bits per heavy atom. The molecule has 0 bridgehead atoms. The van der Waals surface area contributed by atoms with Crippen LogP contribution in [0.15, 0.2) is 24.3 Å². The molecule has 0 heterocycles. The molecule has 1 aliphatic rings. The lowest BCUT2D eigenvalue weighted by atomic mass is 9.87. The van der Waals surface area contributed by atoms with Gasteiger partial charge in [0.15, 0.2) is 0 Å². The number of nitrogens with zero attached hydrogens (tertiary/aromatic N) is 1. The molecule has 0 aromatic heterocycles. The SMILES string of the molecule is CCCCCCCCC(=O)OC1CCC(C(=O)Oc2ccc([N+](=O)[O-])cc2)CC1. The fourth-order valence-electron chi connectivity index (χ4n) is 3.55. The first-order valence-corrected chi connectivity index (χ1v) is 10.6. The van der Waals surface area contributed by atoms with Gasteiger partial charge in [-0.15, -0.1) is 0 Å². The molecule has 7 nitrogen and oxygen atoms in total. The number of carbonyl (C=O) groups excluding carboxylic acids is 2. The molecule has 1 aromatic carbocycles. The number of hydrogen-bond acceptors (Lipinski definition) is 6. The van der Waals surface area contributed by atoms with E-state index in [4.69, 9.17) is 9.47 Å². The Morgan fingerprint density at radius 2 is 1.62 bits per heavy atom. The van der Waals surface area contributed by atoms with E-state index >= 15 is 0 Å². The lowest BCUT2D eigenvalue weighted by Gasteiger charge is -2.27. The van der Waals surface area contributed by atoms with Crippen molar-refractivity contribution in [1.29, 1.82) is 0 Å². The molecular formula is C22H31NO6. The number of esters is 2. The molecule has 7 heteroatoms. The maximum absolute atomic E-state index is 12.3. The Balaban J connectivity index is 1.64. The molecule has 1 aromatic rings. The van der Waals surface area contributed by atoms with Gasteiger partial charge in [-0.25, -0.2) is 0 Å². The van der Waals surface area contributed by atoms with Crippen molar-refractivity contribution in [2.75, 3.05) is 0 Å². The molecule has 0 amide bonds.